The van der Waals surface area contributed by atoms with Crippen LogP contribution in [0.15, 0.2) is 53.6 Å². The van der Waals surface area contributed by atoms with Gasteiger partial charge in [0.05, 0.1) is 15.5 Å². The van der Waals surface area contributed by atoms with Gasteiger partial charge in [-0.15, -0.1) is 0 Å². The number of nitrogens with zero attached hydrogens (tertiary/aromatic N) is 3. The van der Waals surface area contributed by atoms with Crippen molar-refractivity contribution in [1.82, 2.24) is 15.2 Å². The number of amides is 3. The lowest BCUT2D eigenvalue weighted by molar-refractivity contribution is -0.384. The molecule has 1 aliphatic rings. The maximum absolute atomic E-state index is 12.5. The van der Waals surface area contributed by atoms with Gasteiger partial charge in [-0.1, -0.05) is 23.7 Å². The molecule has 1 saturated heterocycles. The first-order valence-electron chi connectivity index (χ1n) is 8.91. The number of benzene rings is 1. The van der Waals surface area contributed by atoms with Gasteiger partial charge in [0.25, 0.3) is 16.8 Å². The number of nitro groups is 1. The van der Waals surface area contributed by atoms with Crippen LogP contribution in [0.25, 0.3) is 12.2 Å². The molecule has 0 aliphatic carbocycles. The molecule has 1 aromatic carbocycles. The maximum atomic E-state index is 12.5. The highest BCUT2D eigenvalue weighted by atomic mass is 35.5. The summed E-state index contributed by atoms with van der Waals surface area (Å²) < 4.78 is 0. The van der Waals surface area contributed by atoms with E-state index in [1.54, 1.807) is 30.5 Å². The van der Waals surface area contributed by atoms with Crippen molar-refractivity contribution in [1.29, 1.82) is 0 Å². The summed E-state index contributed by atoms with van der Waals surface area (Å²) in [6.45, 7) is 0.0646. The van der Waals surface area contributed by atoms with Gasteiger partial charge in [-0.05, 0) is 47.7 Å². The number of hydrogen-bond donors (Lipinski definition) is 1. The van der Waals surface area contributed by atoms with Gasteiger partial charge < -0.3 is 5.32 Å². The fourth-order valence-electron chi connectivity index (χ4n) is 2.59. The Morgan fingerprint density at radius 3 is 2.81 bits per heavy atom. The summed E-state index contributed by atoms with van der Waals surface area (Å²) in [6, 6.07) is 9.38. The first kappa shape index (κ1) is 22.2. The Hall–Kier alpha value is -3.50. The van der Waals surface area contributed by atoms with Gasteiger partial charge >= 0.3 is 0 Å². The number of thioether (sulfide) groups is 1. The van der Waals surface area contributed by atoms with E-state index in [0.717, 1.165) is 16.7 Å². The Kier molecular flexibility index (Phi) is 7.16. The fourth-order valence-corrected chi connectivity index (χ4v) is 3.64. The normalized spacial score (nSPS) is 15.1. The standard InChI is InChI=1S/C20H15ClN4O5S/c21-15-6-4-13(11-16(15)25(29)30)12-17-19(27)24(20(28)31-17)10-9-23-18(26)7-5-14-3-1-2-8-22-14/h1-8,11-12H,9-10H2,(H,23,26)/b7-5+,17-12-. The highest BCUT2D eigenvalue weighted by molar-refractivity contribution is 8.18. The van der Waals surface area contributed by atoms with Crippen molar-refractivity contribution in [2.24, 2.45) is 0 Å². The van der Waals surface area contributed by atoms with Crippen LogP contribution in [-0.4, -0.2) is 45.0 Å². The Balaban J connectivity index is 1.58. The van der Waals surface area contributed by atoms with Crippen LogP contribution in [0, 0.1) is 10.1 Å². The second-order valence-corrected chi connectivity index (χ2v) is 7.58. The molecule has 31 heavy (non-hydrogen) atoms. The van der Waals surface area contributed by atoms with Crippen molar-refractivity contribution in [3.05, 3.63) is 80.0 Å². The summed E-state index contributed by atoms with van der Waals surface area (Å²) in [6.07, 6.45) is 5.85. The van der Waals surface area contributed by atoms with Crippen molar-refractivity contribution in [2.75, 3.05) is 13.1 Å². The van der Waals surface area contributed by atoms with Gasteiger partial charge in [0.1, 0.15) is 5.02 Å². The van der Waals surface area contributed by atoms with E-state index in [1.165, 1.54) is 30.4 Å². The fraction of sp³-hybridized carbons (Fsp3) is 0.100. The molecule has 2 heterocycles. The number of rotatable bonds is 7. The number of halogens is 1. The number of hydrogen-bond acceptors (Lipinski definition) is 7. The number of nitrogens with one attached hydrogen (secondary N) is 1. The van der Waals surface area contributed by atoms with E-state index in [4.69, 9.17) is 11.6 Å². The maximum Gasteiger partial charge on any atom is 0.293 e. The monoisotopic (exact) mass is 458 g/mol. The molecular weight excluding hydrogens is 444 g/mol. The molecule has 0 atom stereocenters. The lowest BCUT2D eigenvalue weighted by Gasteiger charge is -2.12. The van der Waals surface area contributed by atoms with Crippen LogP contribution in [0.1, 0.15) is 11.3 Å². The van der Waals surface area contributed by atoms with Crippen molar-refractivity contribution in [2.45, 2.75) is 0 Å². The summed E-state index contributed by atoms with van der Waals surface area (Å²) in [4.78, 5) is 52.1. The summed E-state index contributed by atoms with van der Waals surface area (Å²) >= 11 is 6.51. The molecular formula is C20H15ClN4O5S. The third-order valence-electron chi connectivity index (χ3n) is 4.07. The van der Waals surface area contributed by atoms with Crippen LogP contribution in [0.5, 0.6) is 0 Å². The summed E-state index contributed by atoms with van der Waals surface area (Å²) in [7, 11) is 0. The van der Waals surface area contributed by atoms with Gasteiger partial charge in [-0.25, -0.2) is 0 Å². The van der Waals surface area contributed by atoms with Crippen LogP contribution in [0.2, 0.25) is 5.02 Å². The molecule has 1 fully saturated rings. The molecule has 9 nitrogen and oxygen atoms in total. The Morgan fingerprint density at radius 1 is 1.29 bits per heavy atom. The Bertz CT molecular complexity index is 1100. The lowest BCUT2D eigenvalue weighted by Crippen LogP contribution is -2.36. The minimum absolute atomic E-state index is 0.00800. The quantitative estimate of drug-likeness (QED) is 0.382. The molecule has 0 spiro atoms. The minimum atomic E-state index is -0.629. The lowest BCUT2D eigenvalue weighted by atomic mass is 10.2. The second-order valence-electron chi connectivity index (χ2n) is 6.18. The van der Waals surface area contributed by atoms with Gasteiger partial charge in [-0.3, -0.25) is 34.4 Å². The van der Waals surface area contributed by atoms with Crippen LogP contribution >= 0.6 is 23.4 Å². The predicted octanol–water partition coefficient (Wildman–Crippen LogP) is 3.51. The van der Waals surface area contributed by atoms with E-state index in [9.17, 15) is 24.5 Å². The van der Waals surface area contributed by atoms with E-state index in [0.29, 0.717) is 11.3 Å². The van der Waals surface area contributed by atoms with E-state index < -0.39 is 16.1 Å². The third kappa shape index (κ3) is 5.77. The Labute approximate surface area is 185 Å². The van der Waals surface area contributed by atoms with E-state index >= 15 is 0 Å². The van der Waals surface area contributed by atoms with Gasteiger partial charge in [-0.2, -0.15) is 0 Å². The van der Waals surface area contributed by atoms with Crippen LogP contribution < -0.4 is 5.32 Å². The first-order valence-corrected chi connectivity index (χ1v) is 10.1. The molecule has 2 aromatic rings. The van der Waals surface area contributed by atoms with E-state index in [1.807, 2.05) is 0 Å². The number of nitro benzene ring substituents is 1. The summed E-state index contributed by atoms with van der Waals surface area (Å²) in [5.74, 6) is -0.924. The first-order chi connectivity index (χ1) is 14.8. The number of carbonyl (C=O) groups excluding carboxylic acids is 3. The van der Waals surface area contributed by atoms with Crippen LogP contribution in [0.4, 0.5) is 10.5 Å². The number of aromatic nitrogens is 1. The highest BCUT2D eigenvalue weighted by Gasteiger charge is 2.34. The second kappa shape index (κ2) is 10.0. The average Bonchev–Trinajstić information content (AvgIpc) is 3.01. The SMILES string of the molecule is O=C(/C=C/c1ccccn1)NCCN1C(=O)S/C(=C\c2ccc(Cl)c([N+](=O)[O-])c2)C1=O. The van der Waals surface area contributed by atoms with Crippen molar-refractivity contribution in [3.63, 3.8) is 0 Å². The van der Waals surface area contributed by atoms with E-state index in [-0.39, 0.29) is 34.6 Å². The Morgan fingerprint density at radius 2 is 2.10 bits per heavy atom. The van der Waals surface area contributed by atoms with Gasteiger partial charge in [0.2, 0.25) is 5.91 Å². The van der Waals surface area contributed by atoms with Crippen molar-refractivity contribution in [3.8, 4) is 0 Å². The molecule has 3 amide bonds. The average molecular weight is 459 g/mol. The van der Waals surface area contributed by atoms with Crippen molar-refractivity contribution >= 4 is 58.3 Å². The van der Waals surface area contributed by atoms with E-state index in [2.05, 4.69) is 10.3 Å². The third-order valence-corrected chi connectivity index (χ3v) is 5.29. The molecule has 0 bridgehead atoms. The van der Waals surface area contributed by atoms with Crippen LogP contribution in [0.3, 0.4) is 0 Å². The largest absolute Gasteiger partial charge is 0.351 e. The molecule has 1 aliphatic heterocycles. The van der Waals surface area contributed by atoms with Gasteiger partial charge in [0.15, 0.2) is 0 Å². The number of imide groups is 1. The molecule has 11 heteroatoms. The molecule has 0 radical (unpaired) electrons. The molecule has 1 N–H and O–H groups in total. The zero-order valence-corrected chi connectivity index (χ0v) is 17.4. The molecule has 0 unspecified atom stereocenters. The predicted molar refractivity (Wildman–Crippen MR) is 117 cm³/mol. The molecule has 0 saturated carbocycles. The zero-order valence-electron chi connectivity index (χ0n) is 15.9. The zero-order chi connectivity index (χ0) is 22.4. The topological polar surface area (TPSA) is 123 Å². The number of carbonyl (C=O) groups is 3. The van der Waals surface area contributed by atoms with Gasteiger partial charge in [0, 0.05) is 31.4 Å². The summed E-state index contributed by atoms with van der Waals surface area (Å²) in [5.41, 5.74) is 0.696. The van der Waals surface area contributed by atoms with Crippen LogP contribution in [-0.2, 0) is 9.59 Å². The molecule has 1 aromatic heterocycles. The number of pyridine rings is 1. The smallest absolute Gasteiger partial charge is 0.293 e. The molecule has 3 rings (SSSR count). The van der Waals surface area contributed by atoms with Crippen molar-refractivity contribution < 1.29 is 19.3 Å². The summed E-state index contributed by atoms with van der Waals surface area (Å²) in [5, 5.41) is 13.1. The minimum Gasteiger partial charge on any atom is -0.351 e. The molecule has 158 valence electrons. The highest BCUT2D eigenvalue weighted by Crippen LogP contribution is 2.33.